The smallest absolute Gasteiger partial charge is 0.0103 e. The van der Waals surface area contributed by atoms with Gasteiger partial charge in [-0.25, -0.2) is 0 Å². The highest BCUT2D eigenvalue weighted by Gasteiger charge is 1.89. The first-order valence-electron chi connectivity index (χ1n) is 7.49. The number of hydrogen-bond donors (Lipinski definition) is 1. The second-order valence-corrected chi connectivity index (χ2v) is 4.51. The molecule has 0 aromatic carbocycles. The Balaban J connectivity index is -0.0000000941. The van der Waals surface area contributed by atoms with Crippen LogP contribution in [0.1, 0.15) is 27.7 Å². The summed E-state index contributed by atoms with van der Waals surface area (Å²) in [4.78, 5) is 6.51. The molecular formula is C15H42N4. The minimum absolute atomic E-state index is 1.08. The van der Waals surface area contributed by atoms with Gasteiger partial charge in [-0.15, -0.1) is 0 Å². The van der Waals surface area contributed by atoms with Crippen molar-refractivity contribution in [2.24, 2.45) is 0 Å². The summed E-state index contributed by atoms with van der Waals surface area (Å²) in [5, 5.41) is 3.06. The lowest BCUT2D eigenvalue weighted by Crippen LogP contribution is -2.25. The van der Waals surface area contributed by atoms with E-state index in [4.69, 9.17) is 0 Å². The molecule has 0 heterocycles. The molecule has 0 saturated heterocycles. The van der Waals surface area contributed by atoms with Crippen LogP contribution in [-0.4, -0.2) is 90.2 Å². The Morgan fingerprint density at radius 1 is 0.579 bits per heavy atom. The van der Waals surface area contributed by atoms with E-state index in [1.807, 2.05) is 34.7 Å². The SMILES string of the molecule is CC.CC.CN(C)CCN(C)C.CNCCN(C)C. The van der Waals surface area contributed by atoms with Gasteiger partial charge in [-0.2, -0.15) is 0 Å². The Morgan fingerprint density at radius 3 is 0.947 bits per heavy atom. The summed E-state index contributed by atoms with van der Waals surface area (Å²) in [7, 11) is 14.4. The second-order valence-electron chi connectivity index (χ2n) is 4.51. The molecule has 0 atom stereocenters. The lowest BCUT2D eigenvalue weighted by Gasteiger charge is -2.13. The maximum atomic E-state index is 3.06. The second kappa shape index (κ2) is 26.4. The van der Waals surface area contributed by atoms with Crippen molar-refractivity contribution in [3.05, 3.63) is 0 Å². The number of nitrogens with one attached hydrogen (secondary N) is 1. The third-order valence-electron chi connectivity index (χ3n) is 1.80. The Kier molecular flexibility index (Phi) is 37.8. The molecule has 0 fully saturated rings. The summed E-state index contributed by atoms with van der Waals surface area (Å²) < 4.78 is 0. The van der Waals surface area contributed by atoms with Gasteiger partial charge < -0.3 is 20.0 Å². The van der Waals surface area contributed by atoms with E-state index in [0.29, 0.717) is 0 Å². The molecular weight excluding hydrogens is 236 g/mol. The topological polar surface area (TPSA) is 21.8 Å². The molecule has 4 nitrogen and oxygen atoms in total. The van der Waals surface area contributed by atoms with Gasteiger partial charge >= 0.3 is 0 Å². The zero-order valence-corrected chi connectivity index (χ0v) is 15.7. The van der Waals surface area contributed by atoms with Crippen LogP contribution in [0.5, 0.6) is 0 Å². The van der Waals surface area contributed by atoms with E-state index in [1.54, 1.807) is 0 Å². The van der Waals surface area contributed by atoms with Gasteiger partial charge in [-0.05, 0) is 49.3 Å². The normalized spacial score (nSPS) is 9.16. The minimum atomic E-state index is 1.08. The van der Waals surface area contributed by atoms with Crippen LogP contribution in [0.3, 0.4) is 0 Å². The monoisotopic (exact) mass is 278 g/mol. The van der Waals surface area contributed by atoms with Gasteiger partial charge in [0, 0.05) is 26.2 Å². The van der Waals surface area contributed by atoms with Crippen LogP contribution in [0.2, 0.25) is 0 Å². The Hall–Kier alpha value is -0.160. The maximum Gasteiger partial charge on any atom is 0.0103 e. The van der Waals surface area contributed by atoms with Gasteiger partial charge in [-0.1, -0.05) is 27.7 Å². The molecule has 0 bridgehead atoms. The van der Waals surface area contributed by atoms with Crippen molar-refractivity contribution in [2.75, 3.05) is 75.5 Å². The molecule has 0 saturated carbocycles. The van der Waals surface area contributed by atoms with Gasteiger partial charge in [0.1, 0.15) is 0 Å². The third-order valence-corrected chi connectivity index (χ3v) is 1.80. The van der Waals surface area contributed by atoms with Gasteiger partial charge in [0.05, 0.1) is 0 Å². The first kappa shape index (κ1) is 27.2. The van der Waals surface area contributed by atoms with Crippen LogP contribution in [0, 0.1) is 0 Å². The highest BCUT2D eigenvalue weighted by Crippen LogP contribution is 1.76. The fourth-order valence-electron chi connectivity index (χ4n) is 0.735. The molecule has 0 unspecified atom stereocenters. The zero-order valence-electron chi connectivity index (χ0n) is 15.7. The Morgan fingerprint density at radius 2 is 0.842 bits per heavy atom. The molecule has 0 aromatic rings. The van der Waals surface area contributed by atoms with Crippen LogP contribution in [0.25, 0.3) is 0 Å². The lowest BCUT2D eigenvalue weighted by atomic mass is 10.5. The van der Waals surface area contributed by atoms with Crippen LogP contribution in [0.15, 0.2) is 0 Å². The van der Waals surface area contributed by atoms with Crippen molar-refractivity contribution in [1.29, 1.82) is 0 Å². The highest BCUT2D eigenvalue weighted by atomic mass is 15.1. The van der Waals surface area contributed by atoms with E-state index < -0.39 is 0 Å². The first-order chi connectivity index (χ1) is 8.90. The number of rotatable bonds is 6. The average molecular weight is 279 g/mol. The van der Waals surface area contributed by atoms with Crippen molar-refractivity contribution in [3.63, 3.8) is 0 Å². The number of hydrogen-bond acceptors (Lipinski definition) is 4. The molecule has 122 valence electrons. The predicted molar refractivity (Wildman–Crippen MR) is 92.3 cm³/mol. The quantitative estimate of drug-likeness (QED) is 0.801. The molecule has 0 rings (SSSR count). The molecule has 1 N–H and O–H groups in total. The summed E-state index contributed by atoms with van der Waals surface area (Å²) in [5.41, 5.74) is 0. The fourth-order valence-corrected chi connectivity index (χ4v) is 0.735. The summed E-state index contributed by atoms with van der Waals surface area (Å²) >= 11 is 0. The van der Waals surface area contributed by atoms with Crippen LogP contribution < -0.4 is 5.32 Å². The first-order valence-corrected chi connectivity index (χ1v) is 7.49. The zero-order chi connectivity index (χ0) is 16.3. The Labute approximate surface area is 124 Å². The van der Waals surface area contributed by atoms with E-state index in [-0.39, 0.29) is 0 Å². The summed E-state index contributed by atoms with van der Waals surface area (Å²) in [6.07, 6.45) is 0. The third kappa shape index (κ3) is 57.3. The molecule has 0 aliphatic carbocycles. The van der Waals surface area contributed by atoms with E-state index in [1.165, 1.54) is 0 Å². The molecule has 0 aliphatic rings. The largest absolute Gasteiger partial charge is 0.318 e. The molecule has 0 aromatic heterocycles. The summed E-state index contributed by atoms with van der Waals surface area (Å²) in [6.45, 7) is 12.5. The molecule has 0 amide bonds. The van der Waals surface area contributed by atoms with Crippen LogP contribution in [-0.2, 0) is 0 Å². The van der Waals surface area contributed by atoms with Crippen molar-refractivity contribution < 1.29 is 0 Å². The molecule has 0 spiro atoms. The fraction of sp³-hybridized carbons (Fsp3) is 1.00. The van der Waals surface area contributed by atoms with Crippen LogP contribution in [0.4, 0.5) is 0 Å². The molecule has 0 aliphatic heterocycles. The minimum Gasteiger partial charge on any atom is -0.318 e. The summed E-state index contributed by atoms with van der Waals surface area (Å²) in [5.74, 6) is 0. The summed E-state index contributed by atoms with van der Waals surface area (Å²) in [6, 6.07) is 0. The van der Waals surface area contributed by atoms with E-state index in [0.717, 1.165) is 26.2 Å². The van der Waals surface area contributed by atoms with E-state index in [2.05, 4.69) is 62.3 Å². The molecule has 19 heavy (non-hydrogen) atoms. The standard InChI is InChI=1S/C6H16N2.C5H14N2.2C2H6/c1-7(2)5-6-8(3)4;1-6-4-5-7(2)3;2*1-2/h5-6H2,1-4H3;6H,4-5H2,1-3H3;2*1-2H3. The number of nitrogens with zero attached hydrogens (tertiary/aromatic N) is 3. The van der Waals surface area contributed by atoms with Crippen molar-refractivity contribution in [3.8, 4) is 0 Å². The van der Waals surface area contributed by atoms with Gasteiger partial charge in [0.25, 0.3) is 0 Å². The van der Waals surface area contributed by atoms with Crippen LogP contribution >= 0.6 is 0 Å². The van der Waals surface area contributed by atoms with E-state index in [9.17, 15) is 0 Å². The van der Waals surface area contributed by atoms with Gasteiger partial charge in [-0.3, -0.25) is 0 Å². The molecule has 0 radical (unpaired) electrons. The van der Waals surface area contributed by atoms with E-state index >= 15 is 0 Å². The average Bonchev–Trinajstić information content (AvgIpc) is 2.39. The van der Waals surface area contributed by atoms with Gasteiger partial charge in [0.2, 0.25) is 0 Å². The molecule has 4 heteroatoms. The maximum absolute atomic E-state index is 3.06. The lowest BCUT2D eigenvalue weighted by molar-refractivity contribution is 0.320. The van der Waals surface area contributed by atoms with Crippen molar-refractivity contribution >= 4 is 0 Å². The van der Waals surface area contributed by atoms with Gasteiger partial charge in [0.15, 0.2) is 0 Å². The number of likely N-dealkylation sites (N-methyl/N-ethyl adjacent to an activating group) is 4. The highest BCUT2D eigenvalue weighted by molar-refractivity contribution is 4.46. The Bertz CT molecular complexity index is 107. The van der Waals surface area contributed by atoms with Crippen molar-refractivity contribution in [1.82, 2.24) is 20.0 Å². The predicted octanol–water partition coefficient (Wildman–Crippen LogP) is 1.93. The van der Waals surface area contributed by atoms with Crippen molar-refractivity contribution in [2.45, 2.75) is 27.7 Å².